The number of rotatable bonds is 54. The first kappa shape index (κ1) is 66.6. The fourth-order valence-corrected chi connectivity index (χ4v) is 6.61. The molecule has 0 saturated carbocycles. The molecular weight excluding hydrogens is 937 g/mol. The molecular formula is C51H96N6O15. The molecule has 1 aromatic rings. The van der Waals surface area contributed by atoms with Gasteiger partial charge in [0.1, 0.15) is 0 Å². The summed E-state index contributed by atoms with van der Waals surface area (Å²) >= 11 is 0. The molecule has 0 unspecified atom stereocenters. The number of carbonyl (C=O) groups is 3. The van der Waals surface area contributed by atoms with Gasteiger partial charge in [0.05, 0.1) is 119 Å². The molecule has 0 spiro atoms. The van der Waals surface area contributed by atoms with Crippen LogP contribution in [0.15, 0.2) is 18.2 Å². The molecule has 6 N–H and O–H groups in total. The molecule has 0 saturated heterocycles. The van der Waals surface area contributed by atoms with Gasteiger partial charge in [-0.3, -0.25) is 0 Å². The molecule has 0 aromatic heterocycles. The van der Waals surface area contributed by atoms with Crippen LogP contribution in [-0.2, 0) is 56.8 Å². The topological polar surface area (TPSA) is 234 Å². The van der Waals surface area contributed by atoms with Crippen LogP contribution in [0.5, 0.6) is 0 Å². The van der Waals surface area contributed by atoms with Gasteiger partial charge >= 0.3 is 18.1 Å². The van der Waals surface area contributed by atoms with Crippen LogP contribution in [0.1, 0.15) is 96.3 Å². The monoisotopic (exact) mass is 1030 g/mol. The summed E-state index contributed by atoms with van der Waals surface area (Å²) < 4.78 is 64.3. The third kappa shape index (κ3) is 47.5. The molecule has 0 heterocycles. The van der Waals surface area contributed by atoms with Gasteiger partial charge in [-0.05, 0) is 56.7 Å². The van der Waals surface area contributed by atoms with E-state index in [9.17, 15) is 14.4 Å². The maximum Gasteiger partial charge on any atom is 0.319 e. The number of nitrogens with one attached hydrogen (secondary N) is 6. The first-order chi connectivity index (χ1) is 35.5. The van der Waals surface area contributed by atoms with E-state index >= 15 is 0 Å². The van der Waals surface area contributed by atoms with E-state index in [0.717, 1.165) is 96.3 Å². The normalized spacial score (nSPS) is 11.2. The molecule has 6 amide bonds. The Morgan fingerprint density at radius 2 is 0.472 bits per heavy atom. The Kier molecular flexibility index (Phi) is 49.8. The van der Waals surface area contributed by atoms with Crippen molar-refractivity contribution < 1.29 is 71.2 Å². The molecule has 0 fully saturated rings. The fraction of sp³-hybridized carbons (Fsp3) is 0.824. The second-order valence-electron chi connectivity index (χ2n) is 16.7. The van der Waals surface area contributed by atoms with Crippen molar-refractivity contribution in [3.8, 4) is 0 Å². The van der Waals surface area contributed by atoms with Crippen molar-refractivity contribution in [2.24, 2.45) is 0 Å². The average Bonchev–Trinajstić information content (AvgIpc) is 3.36. The summed E-state index contributed by atoms with van der Waals surface area (Å²) in [4.78, 5) is 38.7. The van der Waals surface area contributed by atoms with Crippen molar-refractivity contribution in [1.82, 2.24) is 16.0 Å². The van der Waals surface area contributed by atoms with E-state index in [1.54, 1.807) is 39.5 Å². The van der Waals surface area contributed by atoms with E-state index in [1.807, 2.05) is 0 Å². The number of carbonyl (C=O) groups excluding carboxylic acids is 3. The first-order valence-corrected chi connectivity index (χ1v) is 26.4. The fourth-order valence-electron chi connectivity index (χ4n) is 6.61. The number of amides is 6. The molecule has 0 bridgehead atoms. The van der Waals surface area contributed by atoms with E-state index in [-0.39, 0.29) is 18.1 Å². The van der Waals surface area contributed by atoms with E-state index < -0.39 is 0 Å². The summed E-state index contributed by atoms with van der Waals surface area (Å²) in [5.41, 5.74) is 1.25. The van der Waals surface area contributed by atoms with E-state index in [2.05, 4.69) is 31.9 Å². The lowest BCUT2D eigenvalue weighted by Crippen LogP contribution is -2.31. The molecule has 0 aliphatic carbocycles. The van der Waals surface area contributed by atoms with Crippen LogP contribution in [0, 0.1) is 0 Å². The van der Waals surface area contributed by atoms with Crippen molar-refractivity contribution in [3.05, 3.63) is 18.2 Å². The highest BCUT2D eigenvalue weighted by Gasteiger charge is 2.10. The summed E-state index contributed by atoms with van der Waals surface area (Å²) in [6.07, 6.45) is 14.6. The summed E-state index contributed by atoms with van der Waals surface area (Å²) in [5.74, 6) is 0. The number of urea groups is 3. The zero-order valence-corrected chi connectivity index (χ0v) is 44.4. The van der Waals surface area contributed by atoms with Gasteiger partial charge in [0, 0.05) is 77.8 Å². The van der Waals surface area contributed by atoms with Crippen molar-refractivity contribution in [2.75, 3.05) is 196 Å². The zero-order chi connectivity index (χ0) is 51.9. The van der Waals surface area contributed by atoms with Crippen LogP contribution in [0.3, 0.4) is 0 Å². The third-order valence-corrected chi connectivity index (χ3v) is 10.5. The number of benzene rings is 1. The summed E-state index contributed by atoms with van der Waals surface area (Å²) in [7, 11) is 4.93. The van der Waals surface area contributed by atoms with Gasteiger partial charge in [-0.1, -0.05) is 57.8 Å². The van der Waals surface area contributed by atoms with Crippen LogP contribution < -0.4 is 31.9 Å². The Hall–Kier alpha value is -3.45. The highest BCUT2D eigenvalue weighted by molar-refractivity contribution is 5.96. The van der Waals surface area contributed by atoms with Gasteiger partial charge in [-0.2, -0.15) is 0 Å². The molecule has 72 heavy (non-hydrogen) atoms. The smallest absolute Gasteiger partial charge is 0.319 e. The van der Waals surface area contributed by atoms with Crippen LogP contribution in [0.4, 0.5) is 31.4 Å². The summed E-state index contributed by atoms with van der Waals surface area (Å²) in [6.45, 7) is 13.6. The minimum absolute atomic E-state index is 0.378. The standard InChI is InChI=1S/C51H96N6O15/c1-61-25-28-67-37-40-70-34-31-64-22-16-10-4-7-13-19-52-49(58)55-46-43-47(56-50(59)53-20-14-8-5-11-17-23-65-32-35-71-41-38-68-29-26-62-2)45-48(44-46)57-51(60)54-21-15-9-6-12-18-24-66-33-36-72-42-39-69-30-27-63-3/h43-45H,4-42H2,1-3H3,(H2,52,55,58)(H2,53,56,59)(H2,54,57,60). The lowest BCUT2D eigenvalue weighted by Gasteiger charge is -2.14. The molecule has 0 aliphatic heterocycles. The molecule has 420 valence electrons. The van der Waals surface area contributed by atoms with Crippen LogP contribution >= 0.6 is 0 Å². The van der Waals surface area contributed by atoms with Crippen LogP contribution in [0.2, 0.25) is 0 Å². The van der Waals surface area contributed by atoms with Crippen LogP contribution in [-0.4, -0.2) is 198 Å². The van der Waals surface area contributed by atoms with Crippen molar-refractivity contribution in [1.29, 1.82) is 0 Å². The second-order valence-corrected chi connectivity index (χ2v) is 16.7. The van der Waals surface area contributed by atoms with Gasteiger partial charge in [0.15, 0.2) is 0 Å². The van der Waals surface area contributed by atoms with E-state index in [0.29, 0.717) is 175 Å². The maximum absolute atomic E-state index is 12.9. The van der Waals surface area contributed by atoms with Crippen molar-refractivity contribution in [2.45, 2.75) is 96.3 Å². The quantitative estimate of drug-likeness (QED) is 0.0361. The molecule has 0 atom stereocenters. The largest absolute Gasteiger partial charge is 0.382 e. The lowest BCUT2D eigenvalue weighted by molar-refractivity contribution is 0.00323. The molecule has 1 rings (SSSR count). The molecule has 0 aliphatic rings. The molecule has 21 nitrogen and oxygen atoms in total. The predicted molar refractivity (Wildman–Crippen MR) is 280 cm³/mol. The minimum Gasteiger partial charge on any atom is -0.382 e. The van der Waals surface area contributed by atoms with Crippen molar-refractivity contribution >= 4 is 35.2 Å². The van der Waals surface area contributed by atoms with Crippen molar-refractivity contribution in [3.63, 3.8) is 0 Å². The second kappa shape index (κ2) is 53.8. The highest BCUT2D eigenvalue weighted by Crippen LogP contribution is 2.23. The van der Waals surface area contributed by atoms with Gasteiger partial charge in [-0.25, -0.2) is 14.4 Å². The summed E-state index contributed by atoms with van der Waals surface area (Å²) in [5, 5.41) is 17.3. The predicted octanol–water partition coefficient (Wildman–Crippen LogP) is 6.99. The number of ether oxygens (including phenoxy) is 12. The van der Waals surface area contributed by atoms with Gasteiger partial charge in [0.25, 0.3) is 0 Å². The Bertz CT molecular complexity index is 1210. The maximum atomic E-state index is 12.9. The van der Waals surface area contributed by atoms with Gasteiger partial charge in [-0.15, -0.1) is 0 Å². The Morgan fingerprint density at radius 1 is 0.278 bits per heavy atom. The van der Waals surface area contributed by atoms with Crippen LogP contribution in [0.25, 0.3) is 0 Å². The van der Waals surface area contributed by atoms with E-state index in [1.165, 1.54) is 0 Å². The van der Waals surface area contributed by atoms with Gasteiger partial charge < -0.3 is 88.7 Å². The van der Waals surface area contributed by atoms with E-state index in [4.69, 9.17) is 56.8 Å². The lowest BCUT2D eigenvalue weighted by atomic mass is 10.1. The number of hydrogen-bond donors (Lipinski definition) is 6. The number of hydrogen-bond acceptors (Lipinski definition) is 15. The number of unbranched alkanes of at least 4 members (excludes halogenated alkanes) is 12. The number of anilines is 3. The minimum atomic E-state index is -0.378. The molecule has 21 heteroatoms. The zero-order valence-electron chi connectivity index (χ0n) is 44.4. The summed E-state index contributed by atoms with van der Waals surface area (Å²) in [6, 6.07) is 3.83. The molecule has 1 aromatic carbocycles. The first-order valence-electron chi connectivity index (χ1n) is 26.4. The van der Waals surface area contributed by atoms with Gasteiger partial charge in [0.2, 0.25) is 0 Å². The number of methoxy groups -OCH3 is 3. The Morgan fingerprint density at radius 3 is 0.708 bits per heavy atom. The SMILES string of the molecule is COCCOCCOCCOCCCCCCCNC(=O)Nc1cc(NC(=O)NCCCCCCCOCCOCCOCCOC)cc(NC(=O)NCCCCCCCOCCOCCOCCOC)c1. The average molecular weight is 1030 g/mol. The molecule has 0 radical (unpaired) electrons. The highest BCUT2D eigenvalue weighted by atomic mass is 16.6. The Balaban J connectivity index is 2.40. The Labute approximate surface area is 431 Å². The third-order valence-electron chi connectivity index (χ3n) is 10.5.